The molecule has 0 aliphatic heterocycles. The largest absolute Gasteiger partial charge is 0.289 e. The fourth-order valence-electron chi connectivity index (χ4n) is 9.38. The lowest BCUT2D eigenvalue weighted by molar-refractivity contribution is 0.102. The topological polar surface area (TPSA) is 34.1 Å². The van der Waals surface area contributed by atoms with Gasteiger partial charge in [0.2, 0.25) is 0 Å². The highest BCUT2D eigenvalue weighted by Gasteiger charge is 2.39. The Morgan fingerprint density at radius 1 is 0.333 bits per heavy atom. The van der Waals surface area contributed by atoms with E-state index in [1.165, 1.54) is 44.5 Å². The zero-order chi connectivity index (χ0) is 37.2. The van der Waals surface area contributed by atoms with Crippen molar-refractivity contribution in [3.63, 3.8) is 0 Å². The Kier molecular flexibility index (Phi) is 7.97. The van der Waals surface area contributed by atoms with Gasteiger partial charge in [0.15, 0.2) is 11.6 Å². The zero-order valence-electron chi connectivity index (χ0n) is 31.1. The predicted molar refractivity (Wildman–Crippen MR) is 218 cm³/mol. The molecule has 2 aliphatic rings. The van der Waals surface area contributed by atoms with Gasteiger partial charge in [-0.1, -0.05) is 198 Å². The summed E-state index contributed by atoms with van der Waals surface area (Å²) in [5.41, 5.74) is 15.1. The highest BCUT2D eigenvalue weighted by atomic mass is 16.1. The zero-order valence-corrected chi connectivity index (χ0v) is 31.1. The first kappa shape index (κ1) is 33.7. The first-order valence-corrected chi connectivity index (χ1v) is 18.9. The van der Waals surface area contributed by atoms with E-state index in [2.05, 4.69) is 149 Å². The number of hydrogen-bond donors (Lipinski definition) is 0. The van der Waals surface area contributed by atoms with Crippen molar-refractivity contribution >= 4 is 11.6 Å². The smallest absolute Gasteiger partial charge is 0.193 e. The van der Waals surface area contributed by atoms with Crippen LogP contribution in [-0.4, -0.2) is 11.6 Å². The number of rotatable bonds is 6. The number of carbonyl (C=O) groups excluding carboxylic acids is 2. The van der Waals surface area contributed by atoms with Crippen molar-refractivity contribution < 1.29 is 9.59 Å². The molecule has 0 radical (unpaired) electrons. The molecule has 0 bridgehead atoms. The number of benzene rings is 7. The van der Waals surface area contributed by atoms with Gasteiger partial charge in [0.25, 0.3) is 0 Å². The quantitative estimate of drug-likeness (QED) is 0.162. The Bertz CT molecular complexity index is 2290. The molecular weight excluding hydrogens is 657 g/mol. The van der Waals surface area contributed by atoms with Crippen molar-refractivity contribution in [3.05, 3.63) is 248 Å². The molecule has 2 aliphatic carbocycles. The maximum Gasteiger partial charge on any atom is 0.193 e. The van der Waals surface area contributed by atoms with Crippen molar-refractivity contribution in [2.45, 2.75) is 50.4 Å². The van der Waals surface area contributed by atoms with E-state index in [1.807, 2.05) is 24.3 Å². The van der Waals surface area contributed by atoms with Crippen LogP contribution >= 0.6 is 0 Å². The summed E-state index contributed by atoms with van der Waals surface area (Å²) in [7, 11) is 0. The molecule has 0 fully saturated rings. The van der Waals surface area contributed by atoms with Crippen molar-refractivity contribution in [1.82, 2.24) is 0 Å². The minimum absolute atomic E-state index is 0.0632. The molecule has 7 aromatic rings. The molecule has 0 saturated heterocycles. The number of hydrogen-bond acceptors (Lipinski definition) is 2. The van der Waals surface area contributed by atoms with Crippen LogP contribution < -0.4 is 0 Å². The summed E-state index contributed by atoms with van der Waals surface area (Å²) in [6.45, 7) is 9.20. The highest BCUT2D eigenvalue weighted by Crippen LogP contribution is 2.50. The average Bonchev–Trinajstić information content (AvgIpc) is 3.21. The second kappa shape index (κ2) is 12.8. The monoisotopic (exact) mass is 698 g/mol. The first-order chi connectivity index (χ1) is 26.1. The Balaban J connectivity index is 0.946. The maximum atomic E-state index is 13.7. The van der Waals surface area contributed by atoms with E-state index in [-0.39, 0.29) is 34.2 Å². The fourth-order valence-corrected chi connectivity index (χ4v) is 9.38. The van der Waals surface area contributed by atoms with Crippen molar-refractivity contribution in [2.75, 3.05) is 0 Å². The molecule has 2 nitrogen and oxygen atoms in total. The van der Waals surface area contributed by atoms with Gasteiger partial charge in [-0.05, 0) is 55.6 Å². The highest BCUT2D eigenvalue weighted by molar-refractivity contribution is 6.11. The molecule has 0 heterocycles. The summed E-state index contributed by atoms with van der Waals surface area (Å²) in [4.78, 5) is 27.4. The van der Waals surface area contributed by atoms with Gasteiger partial charge < -0.3 is 0 Å². The van der Waals surface area contributed by atoms with Crippen LogP contribution in [0.1, 0.15) is 127 Å². The molecule has 9 rings (SSSR count). The summed E-state index contributed by atoms with van der Waals surface area (Å²) in [5, 5.41) is 0. The SMILES string of the molecule is CC1(C)c2ccccc2C(c2ccc(C(=O)c3ccc(C(=O)c4ccc(C5c6ccccc6C(C)(C)c6ccccc65)cc4)cc3)cc2)c2ccccc21. The van der Waals surface area contributed by atoms with Crippen LogP contribution in [0.3, 0.4) is 0 Å². The third-order valence-corrected chi connectivity index (χ3v) is 12.2. The van der Waals surface area contributed by atoms with Gasteiger partial charge in [-0.25, -0.2) is 0 Å². The molecule has 0 N–H and O–H groups in total. The molecular formula is C52H42O2. The molecule has 0 unspecified atom stereocenters. The molecule has 262 valence electrons. The normalized spacial score (nSPS) is 15.3. The van der Waals surface area contributed by atoms with E-state index >= 15 is 0 Å². The van der Waals surface area contributed by atoms with Crippen LogP contribution in [0, 0.1) is 0 Å². The maximum absolute atomic E-state index is 13.7. The van der Waals surface area contributed by atoms with Crippen LogP contribution in [0.5, 0.6) is 0 Å². The van der Waals surface area contributed by atoms with Gasteiger partial charge in [-0.2, -0.15) is 0 Å². The lowest BCUT2D eigenvalue weighted by Crippen LogP contribution is -2.29. The van der Waals surface area contributed by atoms with Crippen molar-refractivity contribution in [1.29, 1.82) is 0 Å². The first-order valence-electron chi connectivity index (χ1n) is 18.9. The van der Waals surface area contributed by atoms with E-state index in [9.17, 15) is 9.59 Å². The molecule has 0 atom stereocenters. The Hall–Kier alpha value is -6.12. The van der Waals surface area contributed by atoms with E-state index in [4.69, 9.17) is 0 Å². The van der Waals surface area contributed by atoms with Crippen LogP contribution in [0.25, 0.3) is 0 Å². The van der Waals surface area contributed by atoms with E-state index in [0.29, 0.717) is 22.3 Å². The summed E-state index contributed by atoms with van der Waals surface area (Å²) in [6, 6.07) is 58.1. The van der Waals surface area contributed by atoms with Crippen LogP contribution in [-0.2, 0) is 10.8 Å². The van der Waals surface area contributed by atoms with Crippen molar-refractivity contribution in [2.24, 2.45) is 0 Å². The van der Waals surface area contributed by atoms with Gasteiger partial charge in [0, 0.05) is 44.9 Å². The molecule has 0 aromatic heterocycles. The van der Waals surface area contributed by atoms with Gasteiger partial charge in [0.05, 0.1) is 0 Å². The lowest BCUT2D eigenvalue weighted by Gasteiger charge is -2.39. The fraction of sp³-hybridized carbons (Fsp3) is 0.154. The minimum Gasteiger partial charge on any atom is -0.289 e. The van der Waals surface area contributed by atoms with Gasteiger partial charge in [-0.15, -0.1) is 0 Å². The number of ketones is 2. The van der Waals surface area contributed by atoms with E-state index in [0.717, 1.165) is 11.1 Å². The number of fused-ring (bicyclic) bond motifs is 4. The molecule has 0 spiro atoms. The molecule has 54 heavy (non-hydrogen) atoms. The third-order valence-electron chi connectivity index (χ3n) is 12.2. The van der Waals surface area contributed by atoms with Crippen LogP contribution in [0.4, 0.5) is 0 Å². The summed E-state index contributed by atoms with van der Waals surface area (Å²) in [5.74, 6) is 0.0594. The van der Waals surface area contributed by atoms with Crippen LogP contribution in [0.2, 0.25) is 0 Å². The summed E-state index contributed by atoms with van der Waals surface area (Å²) in [6.07, 6.45) is 0. The minimum atomic E-state index is -0.0942. The Morgan fingerprint density at radius 2 is 0.556 bits per heavy atom. The molecule has 0 saturated carbocycles. The molecule has 2 heteroatoms. The van der Waals surface area contributed by atoms with Crippen LogP contribution in [0.15, 0.2) is 170 Å². The second-order valence-corrected chi connectivity index (χ2v) is 15.9. The standard InChI is InChI=1S/C52H42O2/c1-51(2)43-17-9-5-13-39(43)47(40-14-6-10-18-44(40)51)33-21-25-35(26-22-33)49(53)37-29-31-38(32-30-37)50(54)36-27-23-34(24-28-36)48-41-15-7-11-19-45(41)52(3,4)46-20-12-8-16-42(46)48/h5-32,47-48H,1-4H3. The number of carbonyl (C=O) groups is 2. The average molecular weight is 699 g/mol. The van der Waals surface area contributed by atoms with E-state index < -0.39 is 0 Å². The summed E-state index contributed by atoms with van der Waals surface area (Å²) >= 11 is 0. The van der Waals surface area contributed by atoms with Gasteiger partial charge >= 0.3 is 0 Å². The van der Waals surface area contributed by atoms with Gasteiger partial charge in [0.1, 0.15) is 0 Å². The third kappa shape index (κ3) is 5.31. The second-order valence-electron chi connectivity index (χ2n) is 15.9. The Morgan fingerprint density at radius 3 is 0.815 bits per heavy atom. The van der Waals surface area contributed by atoms with Crippen molar-refractivity contribution in [3.8, 4) is 0 Å². The van der Waals surface area contributed by atoms with Gasteiger partial charge in [-0.3, -0.25) is 9.59 Å². The Labute approximate surface area is 318 Å². The molecule has 7 aromatic carbocycles. The molecule has 0 amide bonds. The predicted octanol–water partition coefficient (Wildman–Crippen LogP) is 11.8. The summed E-state index contributed by atoms with van der Waals surface area (Å²) < 4.78 is 0. The van der Waals surface area contributed by atoms with E-state index in [1.54, 1.807) is 24.3 Å². The lowest BCUT2D eigenvalue weighted by atomic mass is 9.64.